The fourth-order valence-corrected chi connectivity index (χ4v) is 4.95. The normalized spacial score (nSPS) is 12.9. The summed E-state index contributed by atoms with van der Waals surface area (Å²) in [6.45, 7) is 0.978. The van der Waals surface area contributed by atoms with E-state index in [2.05, 4.69) is 16.4 Å². The SMILES string of the molecule is N#Cc1c(NC(=O)/C=C/c2ccccc2Cl)sc2c1CCN(C(=O)Cc1ccncc1)C2. The molecule has 0 saturated heterocycles. The van der Waals surface area contributed by atoms with Gasteiger partial charge in [-0.2, -0.15) is 5.26 Å². The van der Waals surface area contributed by atoms with Gasteiger partial charge in [0.2, 0.25) is 11.8 Å². The molecule has 0 aliphatic carbocycles. The summed E-state index contributed by atoms with van der Waals surface area (Å²) in [5.41, 5.74) is 3.04. The van der Waals surface area contributed by atoms with E-state index in [1.165, 1.54) is 17.4 Å². The van der Waals surface area contributed by atoms with Gasteiger partial charge in [0.15, 0.2) is 0 Å². The van der Waals surface area contributed by atoms with Gasteiger partial charge in [0.05, 0.1) is 18.5 Å². The number of nitrogens with one attached hydrogen (secondary N) is 1. The number of nitrogens with zero attached hydrogens (tertiary/aromatic N) is 3. The lowest BCUT2D eigenvalue weighted by Crippen LogP contribution is -2.36. The number of hydrogen-bond acceptors (Lipinski definition) is 5. The van der Waals surface area contributed by atoms with Crippen molar-refractivity contribution < 1.29 is 9.59 Å². The predicted molar refractivity (Wildman–Crippen MR) is 125 cm³/mol. The maximum Gasteiger partial charge on any atom is 0.249 e. The van der Waals surface area contributed by atoms with Gasteiger partial charge in [-0.1, -0.05) is 29.8 Å². The number of benzene rings is 1. The van der Waals surface area contributed by atoms with Gasteiger partial charge in [0, 0.05) is 34.9 Å². The molecule has 2 amide bonds. The Bertz CT molecular complexity index is 1230. The van der Waals surface area contributed by atoms with Crippen LogP contribution in [0.5, 0.6) is 0 Å². The van der Waals surface area contributed by atoms with Gasteiger partial charge in [0.25, 0.3) is 0 Å². The monoisotopic (exact) mass is 462 g/mol. The van der Waals surface area contributed by atoms with Crippen LogP contribution in [0.2, 0.25) is 5.02 Å². The van der Waals surface area contributed by atoms with Crippen molar-refractivity contribution in [3.8, 4) is 6.07 Å². The van der Waals surface area contributed by atoms with Crippen molar-refractivity contribution in [2.45, 2.75) is 19.4 Å². The third kappa shape index (κ3) is 4.88. The summed E-state index contributed by atoms with van der Waals surface area (Å²) in [6, 6.07) is 13.1. The first-order valence-corrected chi connectivity index (χ1v) is 11.2. The fourth-order valence-electron chi connectivity index (χ4n) is 3.54. The molecule has 3 heterocycles. The molecule has 1 aromatic carbocycles. The summed E-state index contributed by atoms with van der Waals surface area (Å²) in [5.74, 6) is -0.312. The lowest BCUT2D eigenvalue weighted by atomic mass is 10.0. The first-order chi connectivity index (χ1) is 15.5. The number of carbonyl (C=O) groups is 2. The van der Waals surface area contributed by atoms with Crippen LogP contribution in [0.4, 0.5) is 5.00 Å². The average molecular weight is 463 g/mol. The van der Waals surface area contributed by atoms with Crippen molar-refractivity contribution in [3.63, 3.8) is 0 Å². The van der Waals surface area contributed by atoms with E-state index in [9.17, 15) is 14.9 Å². The summed E-state index contributed by atoms with van der Waals surface area (Å²) >= 11 is 7.46. The van der Waals surface area contributed by atoms with E-state index in [4.69, 9.17) is 11.6 Å². The molecule has 32 heavy (non-hydrogen) atoms. The maximum absolute atomic E-state index is 12.7. The Labute approximate surface area is 194 Å². The van der Waals surface area contributed by atoms with Crippen molar-refractivity contribution in [1.29, 1.82) is 5.26 Å². The molecule has 0 fully saturated rings. The van der Waals surface area contributed by atoms with Crippen molar-refractivity contribution in [1.82, 2.24) is 9.88 Å². The van der Waals surface area contributed by atoms with Gasteiger partial charge in [-0.05, 0) is 47.4 Å². The molecule has 0 unspecified atom stereocenters. The zero-order valence-corrected chi connectivity index (χ0v) is 18.6. The second-order valence-electron chi connectivity index (χ2n) is 7.26. The van der Waals surface area contributed by atoms with Crippen LogP contribution in [0.1, 0.15) is 27.1 Å². The molecule has 0 bridgehead atoms. The van der Waals surface area contributed by atoms with Gasteiger partial charge >= 0.3 is 0 Å². The lowest BCUT2D eigenvalue weighted by Gasteiger charge is -2.27. The molecule has 160 valence electrons. The van der Waals surface area contributed by atoms with Crippen molar-refractivity contribution in [2.24, 2.45) is 0 Å². The maximum atomic E-state index is 12.7. The van der Waals surface area contributed by atoms with Crippen molar-refractivity contribution >= 4 is 45.8 Å². The number of hydrogen-bond donors (Lipinski definition) is 1. The third-order valence-corrected chi connectivity index (χ3v) is 6.66. The Balaban J connectivity index is 1.46. The molecular formula is C24H19ClN4O2S. The number of nitriles is 1. The number of fused-ring (bicyclic) bond motifs is 1. The first kappa shape index (κ1) is 21.8. The summed E-state index contributed by atoms with van der Waals surface area (Å²) in [5, 5.41) is 13.5. The van der Waals surface area contributed by atoms with Gasteiger partial charge in [-0.3, -0.25) is 14.6 Å². The molecule has 2 aromatic heterocycles. The van der Waals surface area contributed by atoms with Crippen LogP contribution in [-0.4, -0.2) is 28.2 Å². The predicted octanol–water partition coefficient (Wildman–Crippen LogP) is 4.45. The number of rotatable bonds is 5. The van der Waals surface area contributed by atoms with Crippen LogP contribution in [0.15, 0.2) is 54.9 Å². The zero-order valence-electron chi connectivity index (χ0n) is 17.0. The topological polar surface area (TPSA) is 86.1 Å². The average Bonchev–Trinajstić information content (AvgIpc) is 3.15. The lowest BCUT2D eigenvalue weighted by molar-refractivity contribution is -0.131. The van der Waals surface area contributed by atoms with Crippen LogP contribution in [-0.2, 0) is 29.0 Å². The Hall–Kier alpha value is -3.47. The third-order valence-electron chi connectivity index (χ3n) is 5.18. The largest absolute Gasteiger partial charge is 0.337 e. The highest BCUT2D eigenvalue weighted by molar-refractivity contribution is 7.16. The van der Waals surface area contributed by atoms with Crippen molar-refractivity contribution in [2.75, 3.05) is 11.9 Å². The van der Waals surface area contributed by atoms with Crippen LogP contribution >= 0.6 is 22.9 Å². The number of carbonyl (C=O) groups excluding carboxylic acids is 2. The number of thiophene rings is 1. The smallest absolute Gasteiger partial charge is 0.249 e. The number of amides is 2. The highest BCUT2D eigenvalue weighted by atomic mass is 35.5. The number of anilines is 1. The highest BCUT2D eigenvalue weighted by Crippen LogP contribution is 2.36. The quantitative estimate of drug-likeness (QED) is 0.567. The second kappa shape index (κ2) is 9.77. The Morgan fingerprint density at radius 1 is 1.25 bits per heavy atom. The van der Waals surface area contributed by atoms with Crippen molar-refractivity contribution in [3.05, 3.63) is 87.0 Å². The molecule has 0 radical (unpaired) electrons. The van der Waals surface area contributed by atoms with E-state index in [1.54, 1.807) is 29.4 Å². The molecule has 0 atom stereocenters. The summed E-state index contributed by atoms with van der Waals surface area (Å²) < 4.78 is 0. The summed E-state index contributed by atoms with van der Waals surface area (Å²) in [7, 11) is 0. The second-order valence-corrected chi connectivity index (χ2v) is 8.77. The first-order valence-electron chi connectivity index (χ1n) is 10.00. The molecule has 4 rings (SSSR count). The molecule has 6 nitrogen and oxygen atoms in total. The molecule has 1 aliphatic rings. The molecule has 8 heteroatoms. The Morgan fingerprint density at radius 2 is 2.03 bits per heavy atom. The summed E-state index contributed by atoms with van der Waals surface area (Å²) in [4.78, 5) is 31.9. The fraction of sp³-hybridized carbons (Fsp3) is 0.167. The minimum absolute atomic E-state index is 0.0296. The molecule has 1 aliphatic heterocycles. The minimum atomic E-state index is -0.342. The molecule has 0 saturated carbocycles. The van der Waals surface area contributed by atoms with Crippen LogP contribution in [0.25, 0.3) is 6.08 Å². The van der Waals surface area contributed by atoms with Crippen LogP contribution < -0.4 is 5.32 Å². The van der Waals surface area contributed by atoms with Gasteiger partial charge < -0.3 is 10.2 Å². The van der Waals surface area contributed by atoms with Gasteiger partial charge in [-0.25, -0.2) is 0 Å². The standard InChI is InChI=1S/C24H19ClN4O2S/c25-20-4-2-1-3-17(20)5-6-22(30)28-24-19(14-26)18-9-12-29(15-21(18)32-24)23(31)13-16-7-10-27-11-8-16/h1-8,10-11H,9,12-13,15H2,(H,28,30)/b6-5+. The van der Waals surface area contributed by atoms with E-state index in [1.807, 2.05) is 30.3 Å². The van der Waals surface area contributed by atoms with E-state index < -0.39 is 0 Å². The summed E-state index contributed by atoms with van der Waals surface area (Å²) in [6.07, 6.45) is 7.27. The van der Waals surface area contributed by atoms with E-state index in [-0.39, 0.29) is 11.8 Å². The van der Waals surface area contributed by atoms with E-state index >= 15 is 0 Å². The highest BCUT2D eigenvalue weighted by Gasteiger charge is 2.27. The molecule has 3 aromatic rings. The van der Waals surface area contributed by atoms with Gasteiger partial charge in [-0.15, -0.1) is 11.3 Å². The zero-order chi connectivity index (χ0) is 22.5. The molecule has 1 N–H and O–H groups in total. The van der Waals surface area contributed by atoms with E-state index in [0.29, 0.717) is 41.5 Å². The minimum Gasteiger partial charge on any atom is -0.337 e. The van der Waals surface area contributed by atoms with Gasteiger partial charge in [0.1, 0.15) is 11.1 Å². The number of aromatic nitrogens is 1. The number of pyridine rings is 1. The Morgan fingerprint density at radius 3 is 2.78 bits per heavy atom. The Kier molecular flexibility index (Phi) is 6.64. The van der Waals surface area contributed by atoms with E-state index in [0.717, 1.165) is 21.6 Å². The number of halogens is 1. The molecular weight excluding hydrogens is 444 g/mol. The molecule has 0 spiro atoms. The van der Waals surface area contributed by atoms with Crippen LogP contribution in [0.3, 0.4) is 0 Å². The van der Waals surface area contributed by atoms with Crippen LogP contribution in [0, 0.1) is 11.3 Å².